The van der Waals surface area contributed by atoms with Gasteiger partial charge in [0, 0.05) is 24.4 Å². The highest BCUT2D eigenvalue weighted by Gasteiger charge is 2.15. The lowest BCUT2D eigenvalue weighted by Gasteiger charge is -2.10. The van der Waals surface area contributed by atoms with Crippen LogP contribution in [0.25, 0.3) is 0 Å². The molecule has 0 saturated heterocycles. The number of benzene rings is 1. The first-order valence-electron chi connectivity index (χ1n) is 5.98. The molecule has 100 valence electrons. The highest BCUT2D eigenvalue weighted by atomic mass is 19.1. The summed E-state index contributed by atoms with van der Waals surface area (Å²) in [7, 11) is 0. The molecule has 0 aliphatic carbocycles. The third-order valence-corrected chi connectivity index (χ3v) is 2.81. The van der Waals surface area contributed by atoms with E-state index in [1.807, 2.05) is 13.8 Å². The molecule has 0 amide bonds. The standard InChI is InChI=1S/C14H14F2N2O/c1-9(2)14-17-5-6-18(14)8-13(19)11-4-3-10(15)7-12(11)16/h3-7,9H,8H2,1-2H3. The highest BCUT2D eigenvalue weighted by molar-refractivity contribution is 5.96. The fourth-order valence-electron chi connectivity index (χ4n) is 1.91. The summed E-state index contributed by atoms with van der Waals surface area (Å²) in [6, 6.07) is 2.96. The number of rotatable bonds is 4. The highest BCUT2D eigenvalue weighted by Crippen LogP contribution is 2.15. The molecule has 0 bridgehead atoms. The van der Waals surface area contributed by atoms with Crippen LogP contribution in [0.1, 0.15) is 35.9 Å². The van der Waals surface area contributed by atoms with Crippen LogP contribution in [0.5, 0.6) is 0 Å². The van der Waals surface area contributed by atoms with E-state index >= 15 is 0 Å². The van der Waals surface area contributed by atoms with Crippen LogP contribution in [0.15, 0.2) is 30.6 Å². The van der Waals surface area contributed by atoms with Crippen LogP contribution < -0.4 is 0 Å². The van der Waals surface area contributed by atoms with Gasteiger partial charge in [-0.2, -0.15) is 0 Å². The smallest absolute Gasteiger partial charge is 0.185 e. The van der Waals surface area contributed by atoms with Crippen molar-refractivity contribution in [2.45, 2.75) is 26.3 Å². The van der Waals surface area contributed by atoms with Gasteiger partial charge in [-0.15, -0.1) is 0 Å². The molecule has 0 aliphatic heterocycles. The molecular weight excluding hydrogens is 250 g/mol. The quantitative estimate of drug-likeness (QED) is 0.795. The number of hydrogen-bond donors (Lipinski definition) is 0. The van der Waals surface area contributed by atoms with Gasteiger partial charge < -0.3 is 4.57 Å². The Morgan fingerprint density at radius 2 is 2.11 bits per heavy atom. The Bertz CT molecular complexity index is 605. The van der Waals surface area contributed by atoms with Crippen LogP contribution in [-0.2, 0) is 6.54 Å². The summed E-state index contributed by atoms with van der Waals surface area (Å²) in [6.07, 6.45) is 3.28. The van der Waals surface area contributed by atoms with Crippen molar-refractivity contribution in [3.8, 4) is 0 Å². The van der Waals surface area contributed by atoms with E-state index in [0.717, 1.165) is 11.9 Å². The molecule has 1 aromatic carbocycles. The Balaban J connectivity index is 2.23. The van der Waals surface area contributed by atoms with Crippen molar-refractivity contribution in [3.05, 3.63) is 53.6 Å². The van der Waals surface area contributed by atoms with Gasteiger partial charge in [-0.3, -0.25) is 4.79 Å². The Hall–Kier alpha value is -2.04. The second-order valence-corrected chi connectivity index (χ2v) is 4.62. The molecule has 0 spiro atoms. The minimum absolute atomic E-state index is 0.00390. The van der Waals surface area contributed by atoms with E-state index in [9.17, 15) is 13.6 Å². The van der Waals surface area contributed by atoms with Crippen LogP contribution in [0.2, 0.25) is 0 Å². The van der Waals surface area contributed by atoms with Gasteiger partial charge in [0.2, 0.25) is 0 Å². The van der Waals surface area contributed by atoms with E-state index in [2.05, 4.69) is 4.98 Å². The van der Waals surface area contributed by atoms with E-state index in [-0.39, 0.29) is 18.0 Å². The van der Waals surface area contributed by atoms with E-state index in [4.69, 9.17) is 0 Å². The van der Waals surface area contributed by atoms with Crippen LogP contribution >= 0.6 is 0 Å². The number of hydrogen-bond acceptors (Lipinski definition) is 2. The van der Waals surface area contributed by atoms with Gasteiger partial charge in [0.1, 0.15) is 17.5 Å². The zero-order valence-electron chi connectivity index (χ0n) is 10.7. The van der Waals surface area contributed by atoms with Gasteiger partial charge in [0.25, 0.3) is 0 Å². The second kappa shape index (κ2) is 5.30. The average Bonchev–Trinajstić information content (AvgIpc) is 2.76. The summed E-state index contributed by atoms with van der Waals surface area (Å²) in [4.78, 5) is 16.2. The predicted octanol–water partition coefficient (Wildman–Crippen LogP) is 3.17. The number of ketones is 1. The van der Waals surface area contributed by atoms with E-state index in [1.165, 1.54) is 6.07 Å². The number of carbonyl (C=O) groups is 1. The minimum Gasteiger partial charge on any atom is -0.327 e. The number of Topliss-reactive ketones (excluding diaryl/α,β-unsaturated/α-hetero) is 1. The lowest BCUT2D eigenvalue weighted by atomic mass is 10.1. The molecule has 2 aromatic rings. The monoisotopic (exact) mass is 264 g/mol. The molecule has 0 unspecified atom stereocenters. The van der Waals surface area contributed by atoms with Crippen LogP contribution in [0, 0.1) is 11.6 Å². The fourth-order valence-corrected chi connectivity index (χ4v) is 1.91. The van der Waals surface area contributed by atoms with Crippen LogP contribution in [-0.4, -0.2) is 15.3 Å². The number of aromatic nitrogens is 2. The first-order chi connectivity index (χ1) is 8.99. The van der Waals surface area contributed by atoms with Crippen LogP contribution in [0.4, 0.5) is 8.78 Å². The maximum atomic E-state index is 13.5. The third kappa shape index (κ3) is 2.86. The van der Waals surface area contributed by atoms with E-state index < -0.39 is 17.4 Å². The van der Waals surface area contributed by atoms with Gasteiger partial charge in [-0.1, -0.05) is 13.8 Å². The largest absolute Gasteiger partial charge is 0.327 e. The normalized spacial score (nSPS) is 11.0. The molecule has 0 aliphatic rings. The maximum Gasteiger partial charge on any atom is 0.185 e. The van der Waals surface area contributed by atoms with E-state index in [1.54, 1.807) is 17.0 Å². The summed E-state index contributed by atoms with van der Waals surface area (Å²) in [6.45, 7) is 3.92. The second-order valence-electron chi connectivity index (χ2n) is 4.62. The third-order valence-electron chi connectivity index (χ3n) is 2.81. The summed E-state index contributed by atoms with van der Waals surface area (Å²) in [5, 5.41) is 0. The summed E-state index contributed by atoms with van der Waals surface area (Å²) in [5.74, 6) is -1.01. The van der Waals surface area contributed by atoms with Crippen molar-refractivity contribution in [2.24, 2.45) is 0 Å². The average molecular weight is 264 g/mol. The first-order valence-corrected chi connectivity index (χ1v) is 5.98. The topological polar surface area (TPSA) is 34.9 Å². The zero-order chi connectivity index (χ0) is 14.0. The number of carbonyl (C=O) groups excluding carboxylic acids is 1. The van der Waals surface area contributed by atoms with Crippen molar-refractivity contribution >= 4 is 5.78 Å². The molecule has 0 N–H and O–H groups in total. The summed E-state index contributed by atoms with van der Waals surface area (Å²) < 4.78 is 28.0. The Morgan fingerprint density at radius 1 is 1.37 bits per heavy atom. The number of nitrogens with zero attached hydrogens (tertiary/aromatic N) is 2. The van der Waals surface area contributed by atoms with Crippen molar-refractivity contribution in [1.82, 2.24) is 9.55 Å². The zero-order valence-corrected chi connectivity index (χ0v) is 10.7. The number of halogens is 2. The molecule has 3 nitrogen and oxygen atoms in total. The van der Waals surface area contributed by atoms with Gasteiger partial charge in [-0.25, -0.2) is 13.8 Å². The van der Waals surface area contributed by atoms with Crippen molar-refractivity contribution in [1.29, 1.82) is 0 Å². The Kier molecular flexibility index (Phi) is 3.74. The predicted molar refractivity (Wildman–Crippen MR) is 67.0 cm³/mol. The molecule has 2 rings (SSSR count). The minimum atomic E-state index is -0.837. The van der Waals surface area contributed by atoms with Gasteiger partial charge >= 0.3 is 0 Å². The van der Waals surface area contributed by atoms with Crippen molar-refractivity contribution in [2.75, 3.05) is 0 Å². The maximum absolute atomic E-state index is 13.5. The molecule has 5 heteroatoms. The molecule has 1 heterocycles. The fraction of sp³-hybridized carbons (Fsp3) is 0.286. The molecule has 0 radical (unpaired) electrons. The number of imidazole rings is 1. The van der Waals surface area contributed by atoms with Crippen LogP contribution in [0.3, 0.4) is 0 Å². The van der Waals surface area contributed by atoms with Crippen molar-refractivity contribution < 1.29 is 13.6 Å². The molecule has 0 atom stereocenters. The molecular formula is C14H14F2N2O. The lowest BCUT2D eigenvalue weighted by Crippen LogP contribution is -2.14. The van der Waals surface area contributed by atoms with Crippen molar-refractivity contribution in [3.63, 3.8) is 0 Å². The Labute approximate surface area is 109 Å². The van der Waals surface area contributed by atoms with Gasteiger partial charge in [-0.05, 0) is 12.1 Å². The molecule has 0 saturated carbocycles. The van der Waals surface area contributed by atoms with Gasteiger partial charge in [0.05, 0.1) is 12.1 Å². The SMILES string of the molecule is CC(C)c1nccn1CC(=O)c1ccc(F)cc1F. The summed E-state index contributed by atoms with van der Waals surface area (Å²) in [5.41, 5.74) is -0.107. The molecule has 1 aromatic heterocycles. The van der Waals surface area contributed by atoms with Gasteiger partial charge in [0.15, 0.2) is 5.78 Å². The molecule has 19 heavy (non-hydrogen) atoms. The first kappa shape index (κ1) is 13.4. The summed E-state index contributed by atoms with van der Waals surface area (Å²) >= 11 is 0. The van der Waals surface area contributed by atoms with E-state index in [0.29, 0.717) is 6.07 Å². The Morgan fingerprint density at radius 3 is 2.74 bits per heavy atom. The lowest BCUT2D eigenvalue weighted by molar-refractivity contribution is 0.0966. The molecule has 0 fully saturated rings.